The molecule has 0 radical (unpaired) electrons. The Balaban J connectivity index is 1.91. The van der Waals surface area contributed by atoms with Gasteiger partial charge in [-0.3, -0.25) is 9.10 Å². The molecular formula is C24H26N2O4S. The third kappa shape index (κ3) is 5.64. The highest BCUT2D eigenvalue weighted by Gasteiger charge is 2.24. The average molecular weight is 439 g/mol. The lowest BCUT2D eigenvalue weighted by Crippen LogP contribution is -2.42. The molecule has 6 nitrogen and oxygen atoms in total. The minimum absolute atomic E-state index is 0.346. The summed E-state index contributed by atoms with van der Waals surface area (Å²) in [6.45, 7) is 1.64. The van der Waals surface area contributed by atoms with Gasteiger partial charge in [-0.2, -0.15) is 0 Å². The molecule has 0 fully saturated rings. The van der Waals surface area contributed by atoms with Crippen LogP contribution in [0.3, 0.4) is 0 Å². The zero-order chi connectivity index (χ0) is 22.4. The number of anilines is 1. The first-order valence-electron chi connectivity index (χ1n) is 9.81. The van der Waals surface area contributed by atoms with Crippen LogP contribution < -0.4 is 14.4 Å². The Morgan fingerprint density at radius 1 is 1.00 bits per heavy atom. The summed E-state index contributed by atoms with van der Waals surface area (Å²) in [7, 11) is -2.19. The molecule has 162 valence electrons. The standard InChI is InChI=1S/C24H26N2O4S/c1-18-10-7-8-15-22(18)24(19-11-5-4-6-12-19)25-23(27)17-26(31(3,28)29)20-13-9-14-21(16-20)30-2/h4-16,24H,17H2,1-3H3,(H,25,27). The topological polar surface area (TPSA) is 75.7 Å². The molecule has 0 bridgehead atoms. The van der Waals surface area contributed by atoms with Crippen LogP contribution in [-0.4, -0.2) is 34.2 Å². The summed E-state index contributed by atoms with van der Waals surface area (Å²) in [6.07, 6.45) is 1.08. The zero-order valence-electron chi connectivity index (χ0n) is 17.8. The van der Waals surface area contributed by atoms with E-state index in [2.05, 4.69) is 5.32 Å². The van der Waals surface area contributed by atoms with Gasteiger partial charge in [-0.1, -0.05) is 60.7 Å². The molecule has 0 aliphatic carbocycles. The van der Waals surface area contributed by atoms with Gasteiger partial charge in [0.15, 0.2) is 0 Å². The third-order valence-electron chi connectivity index (χ3n) is 4.97. The first-order valence-corrected chi connectivity index (χ1v) is 11.7. The highest BCUT2D eigenvalue weighted by Crippen LogP contribution is 2.26. The number of rotatable bonds is 8. The van der Waals surface area contributed by atoms with Gasteiger partial charge in [-0.05, 0) is 35.7 Å². The summed E-state index contributed by atoms with van der Waals surface area (Å²) >= 11 is 0. The molecule has 0 saturated carbocycles. The maximum absolute atomic E-state index is 13.0. The number of aryl methyl sites for hydroxylation is 1. The van der Waals surface area contributed by atoms with Crippen LogP contribution >= 0.6 is 0 Å². The molecule has 0 aromatic heterocycles. The SMILES string of the molecule is COc1cccc(N(CC(=O)NC(c2ccccc2)c2ccccc2C)S(C)(=O)=O)c1. The molecule has 1 amide bonds. The molecule has 0 heterocycles. The van der Waals surface area contributed by atoms with Gasteiger partial charge in [-0.25, -0.2) is 8.42 Å². The van der Waals surface area contributed by atoms with E-state index in [1.54, 1.807) is 24.3 Å². The van der Waals surface area contributed by atoms with Crippen molar-refractivity contribution in [1.29, 1.82) is 0 Å². The summed E-state index contributed by atoms with van der Waals surface area (Å²) in [5.74, 6) is 0.0963. The van der Waals surface area contributed by atoms with Gasteiger partial charge in [0.2, 0.25) is 15.9 Å². The molecule has 3 aromatic rings. The van der Waals surface area contributed by atoms with Crippen LogP contribution in [0.1, 0.15) is 22.7 Å². The molecular weight excluding hydrogens is 412 g/mol. The molecule has 0 aliphatic rings. The van der Waals surface area contributed by atoms with E-state index in [9.17, 15) is 13.2 Å². The number of ether oxygens (including phenoxy) is 1. The Bertz CT molecular complexity index is 1150. The molecule has 31 heavy (non-hydrogen) atoms. The van der Waals surface area contributed by atoms with Gasteiger partial charge >= 0.3 is 0 Å². The molecule has 3 rings (SSSR count). The van der Waals surface area contributed by atoms with Crippen LogP contribution in [0.4, 0.5) is 5.69 Å². The minimum atomic E-state index is -3.69. The predicted octanol–water partition coefficient (Wildman–Crippen LogP) is 3.68. The second-order valence-electron chi connectivity index (χ2n) is 7.24. The van der Waals surface area contributed by atoms with E-state index in [4.69, 9.17) is 4.74 Å². The number of sulfonamides is 1. The Hall–Kier alpha value is -3.32. The molecule has 7 heteroatoms. The fourth-order valence-electron chi connectivity index (χ4n) is 3.40. The van der Waals surface area contributed by atoms with E-state index < -0.39 is 22.0 Å². The highest BCUT2D eigenvalue weighted by molar-refractivity contribution is 7.92. The van der Waals surface area contributed by atoms with E-state index >= 15 is 0 Å². The van der Waals surface area contributed by atoms with Crippen molar-refractivity contribution in [2.75, 3.05) is 24.2 Å². The third-order valence-corrected chi connectivity index (χ3v) is 6.11. The first kappa shape index (κ1) is 22.4. The summed E-state index contributed by atoms with van der Waals surface area (Å²) in [4.78, 5) is 13.0. The number of nitrogens with zero attached hydrogens (tertiary/aromatic N) is 1. The van der Waals surface area contributed by atoms with Crippen molar-refractivity contribution < 1.29 is 17.9 Å². The van der Waals surface area contributed by atoms with E-state index in [1.165, 1.54) is 7.11 Å². The van der Waals surface area contributed by atoms with Crippen molar-refractivity contribution in [3.8, 4) is 5.75 Å². The summed E-state index contributed by atoms with van der Waals surface area (Å²) in [5, 5.41) is 3.02. The fraction of sp³-hybridized carbons (Fsp3) is 0.208. The molecule has 0 spiro atoms. The quantitative estimate of drug-likeness (QED) is 0.582. The smallest absolute Gasteiger partial charge is 0.241 e. The van der Waals surface area contributed by atoms with Crippen molar-refractivity contribution >= 4 is 21.6 Å². The summed E-state index contributed by atoms with van der Waals surface area (Å²) < 4.78 is 31.2. The average Bonchev–Trinajstić information content (AvgIpc) is 2.76. The van der Waals surface area contributed by atoms with Crippen LogP contribution in [0.2, 0.25) is 0 Å². The Morgan fingerprint density at radius 2 is 1.68 bits per heavy atom. The van der Waals surface area contributed by atoms with Crippen LogP contribution in [0.15, 0.2) is 78.9 Å². The van der Waals surface area contributed by atoms with E-state index in [0.717, 1.165) is 27.3 Å². The van der Waals surface area contributed by atoms with Crippen molar-refractivity contribution in [2.45, 2.75) is 13.0 Å². The van der Waals surface area contributed by atoms with Crippen LogP contribution in [0.25, 0.3) is 0 Å². The van der Waals surface area contributed by atoms with Crippen molar-refractivity contribution in [3.63, 3.8) is 0 Å². The zero-order valence-corrected chi connectivity index (χ0v) is 18.6. The lowest BCUT2D eigenvalue weighted by atomic mass is 9.95. The van der Waals surface area contributed by atoms with Crippen molar-refractivity contribution in [1.82, 2.24) is 5.32 Å². The number of carbonyl (C=O) groups is 1. The number of nitrogens with one attached hydrogen (secondary N) is 1. The van der Waals surface area contributed by atoms with Crippen LogP contribution in [0.5, 0.6) is 5.75 Å². The van der Waals surface area contributed by atoms with Crippen molar-refractivity contribution in [2.24, 2.45) is 0 Å². The number of amides is 1. The van der Waals surface area contributed by atoms with Crippen molar-refractivity contribution in [3.05, 3.63) is 95.6 Å². The Morgan fingerprint density at radius 3 is 2.32 bits per heavy atom. The highest BCUT2D eigenvalue weighted by atomic mass is 32.2. The molecule has 3 aromatic carbocycles. The molecule has 0 saturated heterocycles. The molecule has 1 unspecified atom stereocenters. The lowest BCUT2D eigenvalue weighted by molar-refractivity contribution is -0.120. The second kappa shape index (κ2) is 9.66. The van der Waals surface area contributed by atoms with E-state index in [0.29, 0.717) is 11.4 Å². The number of hydrogen-bond acceptors (Lipinski definition) is 4. The van der Waals surface area contributed by atoms with Gasteiger partial charge in [0.25, 0.3) is 0 Å². The number of hydrogen-bond donors (Lipinski definition) is 1. The largest absolute Gasteiger partial charge is 0.497 e. The molecule has 1 atom stereocenters. The lowest BCUT2D eigenvalue weighted by Gasteiger charge is -2.25. The van der Waals surface area contributed by atoms with Crippen LogP contribution in [-0.2, 0) is 14.8 Å². The number of methoxy groups -OCH3 is 1. The van der Waals surface area contributed by atoms with Gasteiger partial charge < -0.3 is 10.1 Å². The number of carbonyl (C=O) groups excluding carboxylic acids is 1. The first-order chi connectivity index (χ1) is 14.8. The summed E-state index contributed by atoms with van der Waals surface area (Å²) in [6, 6.07) is 23.6. The molecule has 1 N–H and O–H groups in total. The van der Waals surface area contributed by atoms with Crippen LogP contribution in [0, 0.1) is 6.92 Å². The van der Waals surface area contributed by atoms with Gasteiger partial charge in [0.05, 0.1) is 25.1 Å². The summed E-state index contributed by atoms with van der Waals surface area (Å²) in [5.41, 5.74) is 3.26. The Labute approximate surface area is 183 Å². The maximum atomic E-state index is 13.0. The second-order valence-corrected chi connectivity index (χ2v) is 9.15. The minimum Gasteiger partial charge on any atom is -0.497 e. The monoisotopic (exact) mass is 438 g/mol. The molecule has 0 aliphatic heterocycles. The maximum Gasteiger partial charge on any atom is 0.241 e. The normalized spacial score (nSPS) is 12.1. The van der Waals surface area contributed by atoms with Gasteiger partial charge in [0, 0.05) is 6.07 Å². The Kier molecular flexibility index (Phi) is 6.97. The van der Waals surface area contributed by atoms with Gasteiger partial charge in [0.1, 0.15) is 12.3 Å². The predicted molar refractivity (Wildman–Crippen MR) is 123 cm³/mol. The fourth-order valence-corrected chi connectivity index (χ4v) is 4.25. The van der Waals surface area contributed by atoms with E-state index in [-0.39, 0.29) is 6.54 Å². The van der Waals surface area contributed by atoms with Gasteiger partial charge in [-0.15, -0.1) is 0 Å². The van der Waals surface area contributed by atoms with E-state index in [1.807, 2.05) is 61.5 Å². The number of benzene rings is 3.